The topological polar surface area (TPSA) is 111 Å². The van der Waals surface area contributed by atoms with Crippen molar-refractivity contribution in [3.8, 4) is 0 Å². The molecule has 8 heteroatoms. The molecular formula is C16H13N5O2S. The molecule has 120 valence electrons. The van der Waals surface area contributed by atoms with Crippen LogP contribution in [0.1, 0.15) is 11.5 Å². The molecule has 3 heterocycles. The first-order chi connectivity index (χ1) is 11.6. The van der Waals surface area contributed by atoms with Crippen LogP contribution in [-0.4, -0.2) is 19.9 Å². The van der Waals surface area contributed by atoms with Gasteiger partial charge in [-0.25, -0.2) is 15.0 Å². The van der Waals surface area contributed by atoms with Crippen molar-refractivity contribution < 1.29 is 4.42 Å². The lowest BCUT2D eigenvalue weighted by molar-refractivity contribution is 0.660. The standard InChI is InChI=1S/C16H13N5O2S/c1-8-6-11(17)19-16(18-8)24-7-12-20-13-9-4-2-3-5-10(9)23-14(13)15(22)21-12/h2-6H,7H2,1H3,(H2,17,18,19)(H,20,21,22). The minimum absolute atomic E-state index is 0.237. The lowest BCUT2D eigenvalue weighted by Crippen LogP contribution is -2.10. The fourth-order valence-corrected chi connectivity index (χ4v) is 3.26. The third kappa shape index (κ3) is 2.61. The predicted octanol–water partition coefficient (Wildman–Crippen LogP) is 2.64. The van der Waals surface area contributed by atoms with Crippen molar-refractivity contribution in [1.82, 2.24) is 19.9 Å². The summed E-state index contributed by atoms with van der Waals surface area (Å²) in [4.78, 5) is 28.0. The number of anilines is 1. The molecule has 0 aliphatic rings. The molecule has 4 aromatic rings. The van der Waals surface area contributed by atoms with Crippen molar-refractivity contribution in [2.75, 3.05) is 5.73 Å². The molecule has 24 heavy (non-hydrogen) atoms. The monoisotopic (exact) mass is 339 g/mol. The Morgan fingerprint density at radius 3 is 2.92 bits per heavy atom. The molecule has 0 atom stereocenters. The minimum Gasteiger partial charge on any atom is -0.449 e. The number of nitrogens with two attached hydrogens (primary N) is 1. The van der Waals surface area contributed by atoms with E-state index in [0.29, 0.717) is 33.7 Å². The highest BCUT2D eigenvalue weighted by Crippen LogP contribution is 2.25. The quantitative estimate of drug-likeness (QED) is 0.436. The number of H-pyrrole nitrogens is 1. The number of aryl methyl sites for hydroxylation is 1. The number of rotatable bonds is 3. The molecule has 0 unspecified atom stereocenters. The fraction of sp³-hybridized carbons (Fsp3) is 0.125. The highest BCUT2D eigenvalue weighted by Gasteiger charge is 2.13. The zero-order chi connectivity index (χ0) is 16.7. The van der Waals surface area contributed by atoms with E-state index in [1.165, 1.54) is 11.8 Å². The van der Waals surface area contributed by atoms with Gasteiger partial charge in [-0.1, -0.05) is 23.9 Å². The summed E-state index contributed by atoms with van der Waals surface area (Å²) >= 11 is 1.36. The van der Waals surface area contributed by atoms with Gasteiger partial charge in [-0.2, -0.15) is 0 Å². The Labute approximate surface area is 140 Å². The Kier molecular flexibility index (Phi) is 3.46. The summed E-state index contributed by atoms with van der Waals surface area (Å²) < 4.78 is 5.58. The molecular weight excluding hydrogens is 326 g/mol. The number of hydrogen-bond acceptors (Lipinski definition) is 7. The molecule has 7 nitrogen and oxygen atoms in total. The summed E-state index contributed by atoms with van der Waals surface area (Å²) in [5.41, 5.74) is 7.67. The Bertz CT molecular complexity index is 1100. The van der Waals surface area contributed by atoms with Gasteiger partial charge in [-0.3, -0.25) is 4.79 Å². The van der Waals surface area contributed by atoms with Crippen LogP contribution in [0.25, 0.3) is 22.1 Å². The molecule has 0 bridgehead atoms. The van der Waals surface area contributed by atoms with E-state index in [1.54, 1.807) is 6.07 Å². The SMILES string of the molecule is Cc1cc(N)nc(SCc2nc3c(oc4ccccc43)c(=O)[nH]2)n1. The van der Waals surface area contributed by atoms with Crippen LogP contribution in [0.4, 0.5) is 5.82 Å². The molecule has 1 aromatic carbocycles. The van der Waals surface area contributed by atoms with Crippen molar-refractivity contribution in [1.29, 1.82) is 0 Å². The Morgan fingerprint density at radius 1 is 1.25 bits per heavy atom. The highest BCUT2D eigenvalue weighted by atomic mass is 32.2. The third-order valence-corrected chi connectivity index (χ3v) is 4.33. The number of nitrogen functional groups attached to an aromatic ring is 1. The number of fused-ring (bicyclic) bond motifs is 3. The van der Waals surface area contributed by atoms with Crippen molar-refractivity contribution in [2.45, 2.75) is 17.8 Å². The van der Waals surface area contributed by atoms with Crippen LogP contribution in [0.5, 0.6) is 0 Å². The van der Waals surface area contributed by atoms with Gasteiger partial charge in [0.25, 0.3) is 5.56 Å². The second kappa shape index (κ2) is 5.64. The van der Waals surface area contributed by atoms with Gasteiger partial charge in [-0.15, -0.1) is 0 Å². The lowest BCUT2D eigenvalue weighted by atomic mass is 10.2. The first-order valence-corrected chi connectivity index (χ1v) is 8.23. The van der Waals surface area contributed by atoms with Crippen LogP contribution >= 0.6 is 11.8 Å². The fourth-order valence-electron chi connectivity index (χ4n) is 2.48. The number of nitrogens with one attached hydrogen (secondary N) is 1. The van der Waals surface area contributed by atoms with Crippen LogP contribution in [0.15, 0.2) is 44.7 Å². The van der Waals surface area contributed by atoms with Crippen molar-refractivity contribution in [3.63, 3.8) is 0 Å². The van der Waals surface area contributed by atoms with E-state index in [-0.39, 0.29) is 11.1 Å². The van der Waals surface area contributed by atoms with Gasteiger partial charge in [0.2, 0.25) is 5.58 Å². The Hall–Kier alpha value is -2.87. The number of furan rings is 1. The first-order valence-electron chi connectivity index (χ1n) is 7.24. The third-order valence-electron chi connectivity index (χ3n) is 3.47. The van der Waals surface area contributed by atoms with Crippen LogP contribution in [0.2, 0.25) is 0 Å². The summed E-state index contributed by atoms with van der Waals surface area (Å²) in [5.74, 6) is 1.38. The van der Waals surface area contributed by atoms with E-state index in [4.69, 9.17) is 10.2 Å². The maximum atomic E-state index is 12.2. The number of thioether (sulfide) groups is 1. The van der Waals surface area contributed by atoms with Gasteiger partial charge in [0.1, 0.15) is 22.7 Å². The van der Waals surface area contributed by atoms with Gasteiger partial charge in [-0.05, 0) is 19.1 Å². The Balaban J connectivity index is 1.72. The van der Waals surface area contributed by atoms with Crippen LogP contribution < -0.4 is 11.3 Å². The van der Waals surface area contributed by atoms with Gasteiger partial charge in [0, 0.05) is 17.1 Å². The molecule has 0 aliphatic carbocycles. The minimum atomic E-state index is -0.295. The molecule has 0 saturated carbocycles. The maximum absolute atomic E-state index is 12.2. The molecule has 0 spiro atoms. The second-order valence-corrected chi connectivity index (χ2v) is 6.24. The summed E-state index contributed by atoms with van der Waals surface area (Å²) in [6.07, 6.45) is 0. The van der Waals surface area contributed by atoms with Gasteiger partial charge >= 0.3 is 0 Å². The smallest absolute Gasteiger partial charge is 0.294 e. The van der Waals surface area contributed by atoms with Crippen LogP contribution in [-0.2, 0) is 5.75 Å². The molecule has 3 aromatic heterocycles. The van der Waals surface area contributed by atoms with E-state index in [0.717, 1.165) is 11.1 Å². The average molecular weight is 339 g/mol. The van der Waals surface area contributed by atoms with Crippen molar-refractivity contribution >= 4 is 39.6 Å². The Morgan fingerprint density at radius 2 is 2.08 bits per heavy atom. The lowest BCUT2D eigenvalue weighted by Gasteiger charge is -2.02. The number of hydrogen-bond donors (Lipinski definition) is 2. The summed E-state index contributed by atoms with van der Waals surface area (Å²) in [6, 6.07) is 9.14. The number of nitrogens with zero attached hydrogens (tertiary/aromatic N) is 3. The summed E-state index contributed by atoms with van der Waals surface area (Å²) in [7, 11) is 0. The van der Waals surface area contributed by atoms with Crippen LogP contribution in [0, 0.1) is 6.92 Å². The van der Waals surface area contributed by atoms with Gasteiger partial charge in [0.15, 0.2) is 5.16 Å². The van der Waals surface area contributed by atoms with E-state index in [2.05, 4.69) is 19.9 Å². The van der Waals surface area contributed by atoms with E-state index < -0.39 is 0 Å². The predicted molar refractivity (Wildman–Crippen MR) is 92.9 cm³/mol. The number of para-hydroxylation sites is 1. The summed E-state index contributed by atoms with van der Waals surface area (Å²) in [5, 5.41) is 1.37. The van der Waals surface area contributed by atoms with E-state index in [1.807, 2.05) is 31.2 Å². The molecule has 3 N–H and O–H groups in total. The zero-order valence-electron chi connectivity index (χ0n) is 12.7. The maximum Gasteiger partial charge on any atom is 0.294 e. The first kappa shape index (κ1) is 14.7. The molecule has 0 saturated heterocycles. The second-order valence-electron chi connectivity index (χ2n) is 5.29. The number of benzene rings is 1. The highest BCUT2D eigenvalue weighted by molar-refractivity contribution is 7.98. The number of aromatic amines is 1. The molecule has 0 radical (unpaired) electrons. The molecule has 0 fully saturated rings. The van der Waals surface area contributed by atoms with Crippen molar-refractivity contribution in [3.05, 3.63) is 52.2 Å². The molecule has 4 rings (SSSR count). The number of aromatic nitrogens is 4. The largest absolute Gasteiger partial charge is 0.449 e. The van der Waals surface area contributed by atoms with E-state index >= 15 is 0 Å². The zero-order valence-corrected chi connectivity index (χ0v) is 13.6. The molecule has 0 amide bonds. The van der Waals surface area contributed by atoms with E-state index in [9.17, 15) is 4.79 Å². The van der Waals surface area contributed by atoms with Crippen molar-refractivity contribution in [2.24, 2.45) is 0 Å². The van der Waals surface area contributed by atoms with Gasteiger partial charge < -0.3 is 15.1 Å². The van der Waals surface area contributed by atoms with Crippen LogP contribution in [0.3, 0.4) is 0 Å². The van der Waals surface area contributed by atoms with Gasteiger partial charge in [0.05, 0.1) is 5.75 Å². The average Bonchev–Trinajstić information content (AvgIpc) is 2.92. The normalized spacial score (nSPS) is 11.4. The summed E-state index contributed by atoms with van der Waals surface area (Å²) in [6.45, 7) is 1.85. The molecule has 0 aliphatic heterocycles.